The van der Waals surface area contributed by atoms with Crippen LogP contribution < -0.4 is 5.32 Å². The van der Waals surface area contributed by atoms with Crippen molar-refractivity contribution in [1.29, 1.82) is 0 Å². The number of hydrogen-bond acceptors (Lipinski definition) is 6. The molecule has 0 aromatic heterocycles. The summed E-state index contributed by atoms with van der Waals surface area (Å²) in [6.45, 7) is 5.20. The number of nitro benzene ring substituents is 1. The van der Waals surface area contributed by atoms with Crippen LogP contribution in [-0.2, 0) is 10.0 Å². The average Bonchev–Trinajstić information content (AvgIpc) is 2.63. The number of sulfonamides is 1. The molecule has 1 N–H and O–H groups in total. The molecule has 25 heavy (non-hydrogen) atoms. The minimum absolute atomic E-state index is 0.216. The summed E-state index contributed by atoms with van der Waals surface area (Å²) in [5.41, 5.74) is -0.361. The van der Waals surface area contributed by atoms with Crippen molar-refractivity contribution in [1.82, 2.24) is 14.5 Å². The summed E-state index contributed by atoms with van der Waals surface area (Å²) >= 11 is 0. The van der Waals surface area contributed by atoms with Crippen molar-refractivity contribution in [3.05, 3.63) is 34.4 Å². The van der Waals surface area contributed by atoms with E-state index in [4.69, 9.17) is 0 Å². The second-order valence-corrected chi connectivity index (χ2v) is 8.53. The molecule has 2 aliphatic heterocycles. The van der Waals surface area contributed by atoms with Gasteiger partial charge in [-0.1, -0.05) is 12.1 Å². The van der Waals surface area contributed by atoms with E-state index < -0.39 is 14.9 Å². The molecule has 2 saturated heterocycles. The Bertz CT molecular complexity index is 711. The van der Waals surface area contributed by atoms with Gasteiger partial charge in [0.2, 0.25) is 10.0 Å². The van der Waals surface area contributed by atoms with E-state index in [2.05, 4.69) is 10.2 Å². The first-order valence-corrected chi connectivity index (χ1v) is 10.1. The first-order valence-electron chi connectivity index (χ1n) is 8.65. The molecule has 0 spiro atoms. The second kappa shape index (κ2) is 7.77. The number of nitrogens with one attached hydrogen (secondary N) is 1. The standard InChI is InChI=1S/C16H24N4O4S/c21-20(22)15-3-1-2-4-16(15)25(23,24)19-11-9-18(10-12-19)13-14-5-7-17-8-6-14/h1-4,14,17H,5-13H2. The van der Waals surface area contributed by atoms with Gasteiger partial charge in [-0.15, -0.1) is 0 Å². The molecule has 2 heterocycles. The Morgan fingerprint density at radius 1 is 1.12 bits per heavy atom. The third kappa shape index (κ3) is 4.17. The van der Waals surface area contributed by atoms with E-state index in [0.29, 0.717) is 32.1 Å². The third-order valence-corrected chi connectivity index (χ3v) is 6.93. The number of nitro groups is 1. The van der Waals surface area contributed by atoms with Gasteiger partial charge in [0.05, 0.1) is 4.92 Å². The first kappa shape index (κ1) is 18.2. The maximum Gasteiger partial charge on any atom is 0.289 e. The molecule has 9 heteroatoms. The van der Waals surface area contributed by atoms with Crippen LogP contribution in [-0.4, -0.2) is 68.4 Å². The molecule has 3 rings (SSSR count). The lowest BCUT2D eigenvalue weighted by molar-refractivity contribution is -0.387. The molecule has 8 nitrogen and oxygen atoms in total. The molecule has 1 aromatic carbocycles. The Kier molecular flexibility index (Phi) is 5.67. The van der Waals surface area contributed by atoms with Crippen molar-refractivity contribution >= 4 is 15.7 Å². The zero-order valence-corrected chi connectivity index (χ0v) is 15.0. The molecule has 138 valence electrons. The van der Waals surface area contributed by atoms with E-state index in [-0.39, 0.29) is 10.6 Å². The van der Waals surface area contributed by atoms with Crippen molar-refractivity contribution in [3.63, 3.8) is 0 Å². The van der Waals surface area contributed by atoms with Gasteiger partial charge in [-0.2, -0.15) is 4.31 Å². The molecular formula is C16H24N4O4S. The van der Waals surface area contributed by atoms with Crippen LogP contribution in [0.5, 0.6) is 0 Å². The quantitative estimate of drug-likeness (QED) is 0.613. The summed E-state index contributed by atoms with van der Waals surface area (Å²) in [5, 5.41) is 14.5. The van der Waals surface area contributed by atoms with Gasteiger partial charge < -0.3 is 10.2 Å². The number of piperidine rings is 1. The maximum atomic E-state index is 12.8. The highest BCUT2D eigenvalue weighted by Crippen LogP contribution is 2.27. The molecule has 0 radical (unpaired) electrons. The lowest BCUT2D eigenvalue weighted by Gasteiger charge is -2.36. The number of hydrogen-bond donors (Lipinski definition) is 1. The lowest BCUT2D eigenvalue weighted by atomic mass is 9.97. The van der Waals surface area contributed by atoms with Gasteiger partial charge >= 0.3 is 0 Å². The maximum absolute atomic E-state index is 12.8. The predicted molar refractivity (Wildman–Crippen MR) is 93.9 cm³/mol. The lowest BCUT2D eigenvalue weighted by Crippen LogP contribution is -2.50. The monoisotopic (exact) mass is 368 g/mol. The van der Waals surface area contributed by atoms with Crippen LogP contribution in [0.1, 0.15) is 12.8 Å². The molecule has 2 aliphatic rings. The van der Waals surface area contributed by atoms with Crippen LogP contribution in [0.15, 0.2) is 29.2 Å². The second-order valence-electron chi connectivity index (χ2n) is 6.62. The van der Waals surface area contributed by atoms with Crippen LogP contribution in [0.3, 0.4) is 0 Å². The predicted octanol–water partition coefficient (Wildman–Crippen LogP) is 0.901. The topological polar surface area (TPSA) is 95.8 Å². The smallest absolute Gasteiger partial charge is 0.289 e. The molecule has 0 unspecified atom stereocenters. The Balaban J connectivity index is 1.64. The van der Waals surface area contributed by atoms with Crippen molar-refractivity contribution in [2.75, 3.05) is 45.8 Å². The fourth-order valence-corrected chi connectivity index (χ4v) is 5.13. The van der Waals surface area contributed by atoms with Gasteiger partial charge in [0.25, 0.3) is 5.69 Å². The third-order valence-electron chi connectivity index (χ3n) is 4.99. The Morgan fingerprint density at radius 2 is 1.76 bits per heavy atom. The van der Waals surface area contributed by atoms with Crippen LogP contribution in [0, 0.1) is 16.0 Å². The van der Waals surface area contributed by atoms with E-state index in [1.165, 1.54) is 28.6 Å². The van der Waals surface area contributed by atoms with Crippen molar-refractivity contribution in [2.24, 2.45) is 5.92 Å². The van der Waals surface area contributed by atoms with E-state index >= 15 is 0 Å². The van der Waals surface area contributed by atoms with Crippen molar-refractivity contribution in [3.8, 4) is 0 Å². The zero-order valence-electron chi connectivity index (χ0n) is 14.1. The van der Waals surface area contributed by atoms with Crippen molar-refractivity contribution < 1.29 is 13.3 Å². The largest absolute Gasteiger partial charge is 0.317 e. The van der Waals surface area contributed by atoms with Gasteiger partial charge in [0.1, 0.15) is 0 Å². The van der Waals surface area contributed by atoms with Gasteiger partial charge in [-0.05, 0) is 37.9 Å². The van der Waals surface area contributed by atoms with Gasteiger partial charge in [0, 0.05) is 38.8 Å². The number of nitrogens with zero attached hydrogens (tertiary/aromatic N) is 3. The Labute approximate surface area is 148 Å². The summed E-state index contributed by atoms with van der Waals surface area (Å²) in [6.07, 6.45) is 2.32. The van der Waals surface area contributed by atoms with E-state index in [1.807, 2.05) is 0 Å². The summed E-state index contributed by atoms with van der Waals surface area (Å²) < 4.78 is 27.0. The van der Waals surface area contributed by atoms with Crippen LogP contribution >= 0.6 is 0 Å². The van der Waals surface area contributed by atoms with E-state index in [0.717, 1.165) is 32.5 Å². The van der Waals surface area contributed by atoms with E-state index in [1.54, 1.807) is 0 Å². The molecular weight excluding hydrogens is 344 g/mol. The first-order chi connectivity index (χ1) is 12.0. The molecule has 0 bridgehead atoms. The fraction of sp³-hybridized carbons (Fsp3) is 0.625. The van der Waals surface area contributed by atoms with Gasteiger partial charge in [-0.25, -0.2) is 8.42 Å². The number of rotatable bonds is 5. The molecule has 0 aliphatic carbocycles. The minimum atomic E-state index is -3.84. The van der Waals surface area contributed by atoms with E-state index in [9.17, 15) is 18.5 Å². The number of benzene rings is 1. The summed E-state index contributed by atoms with van der Waals surface area (Å²) in [4.78, 5) is 12.6. The minimum Gasteiger partial charge on any atom is -0.317 e. The van der Waals surface area contributed by atoms with Gasteiger partial charge in [-0.3, -0.25) is 10.1 Å². The summed E-state index contributed by atoms with van der Waals surface area (Å²) in [5.74, 6) is 0.666. The van der Waals surface area contributed by atoms with Crippen LogP contribution in [0.25, 0.3) is 0 Å². The van der Waals surface area contributed by atoms with Gasteiger partial charge in [0.15, 0.2) is 4.90 Å². The SMILES string of the molecule is O=[N+]([O-])c1ccccc1S(=O)(=O)N1CCN(CC2CCNCC2)CC1. The van der Waals surface area contributed by atoms with Crippen LogP contribution in [0.4, 0.5) is 5.69 Å². The molecule has 2 fully saturated rings. The van der Waals surface area contributed by atoms with Crippen LogP contribution in [0.2, 0.25) is 0 Å². The molecule has 1 aromatic rings. The highest BCUT2D eigenvalue weighted by atomic mass is 32.2. The molecule has 0 amide bonds. The summed E-state index contributed by atoms with van der Waals surface area (Å²) in [6, 6.07) is 5.55. The molecule has 0 atom stereocenters. The summed E-state index contributed by atoms with van der Waals surface area (Å²) in [7, 11) is -3.84. The average molecular weight is 368 g/mol. The highest BCUT2D eigenvalue weighted by Gasteiger charge is 2.33. The normalized spacial score (nSPS) is 21.3. The zero-order chi connectivity index (χ0) is 17.9. The number of para-hydroxylation sites is 1. The number of piperazine rings is 1. The fourth-order valence-electron chi connectivity index (χ4n) is 3.55. The Morgan fingerprint density at radius 3 is 2.40 bits per heavy atom. The molecule has 0 saturated carbocycles. The highest BCUT2D eigenvalue weighted by molar-refractivity contribution is 7.89. The van der Waals surface area contributed by atoms with Crippen molar-refractivity contribution in [2.45, 2.75) is 17.7 Å². The Hall–Kier alpha value is -1.55.